The molecule has 0 aliphatic carbocycles. The molecule has 0 spiro atoms. The van der Waals surface area contributed by atoms with Crippen molar-refractivity contribution in [1.82, 2.24) is 0 Å². The fourth-order valence-corrected chi connectivity index (χ4v) is 1.73. The van der Waals surface area contributed by atoms with Crippen LogP contribution in [0.3, 0.4) is 0 Å². The molecule has 19 heavy (non-hydrogen) atoms. The third kappa shape index (κ3) is 3.40. The van der Waals surface area contributed by atoms with Gasteiger partial charge in [-0.25, -0.2) is 0 Å². The highest BCUT2D eigenvalue weighted by atomic mass is 16.3. The third-order valence-corrected chi connectivity index (χ3v) is 2.85. The zero-order valence-electron chi connectivity index (χ0n) is 10.4. The molecule has 0 aromatic heterocycles. The van der Waals surface area contributed by atoms with Crippen molar-refractivity contribution in [1.29, 1.82) is 0 Å². The van der Waals surface area contributed by atoms with Gasteiger partial charge in [-0.05, 0) is 23.3 Å². The summed E-state index contributed by atoms with van der Waals surface area (Å²) in [5.74, 6) is -0.261. The van der Waals surface area contributed by atoms with E-state index in [4.69, 9.17) is 10.8 Å². The Kier molecular flexibility index (Phi) is 4.28. The molecule has 0 unspecified atom stereocenters. The molecular formula is C15H16N2O2. The molecular weight excluding hydrogens is 240 g/mol. The van der Waals surface area contributed by atoms with E-state index < -0.39 is 6.04 Å². The monoisotopic (exact) mass is 256 g/mol. The van der Waals surface area contributed by atoms with Crippen LogP contribution >= 0.6 is 0 Å². The molecule has 2 aromatic carbocycles. The van der Waals surface area contributed by atoms with Crippen LogP contribution < -0.4 is 11.1 Å². The average molecular weight is 256 g/mol. The lowest BCUT2D eigenvalue weighted by Crippen LogP contribution is -2.27. The number of aliphatic hydroxyl groups is 1. The lowest BCUT2D eigenvalue weighted by molar-refractivity contribution is -0.117. The third-order valence-electron chi connectivity index (χ3n) is 2.85. The van der Waals surface area contributed by atoms with E-state index in [2.05, 4.69) is 5.32 Å². The highest BCUT2D eigenvalue weighted by Gasteiger charge is 2.15. The Morgan fingerprint density at radius 1 is 1.11 bits per heavy atom. The minimum atomic E-state index is -0.696. The number of rotatable bonds is 4. The first-order chi connectivity index (χ1) is 9.20. The minimum absolute atomic E-state index is 0.0161. The van der Waals surface area contributed by atoms with Crippen LogP contribution in [0.25, 0.3) is 0 Å². The standard InChI is InChI=1S/C15H16N2O2/c16-14(12-4-2-1-3-5-12)15(19)17-13-8-6-11(10-18)7-9-13/h1-9,14,18H,10,16H2,(H,17,19)/t14-/m1/s1. The van der Waals surface area contributed by atoms with Crippen molar-refractivity contribution in [3.8, 4) is 0 Å². The van der Waals surface area contributed by atoms with Crippen LogP contribution in [0, 0.1) is 0 Å². The van der Waals surface area contributed by atoms with Crippen molar-refractivity contribution < 1.29 is 9.90 Å². The molecule has 0 saturated heterocycles. The van der Waals surface area contributed by atoms with Crippen molar-refractivity contribution in [2.75, 3.05) is 5.32 Å². The second-order valence-corrected chi connectivity index (χ2v) is 4.23. The molecule has 0 radical (unpaired) electrons. The van der Waals surface area contributed by atoms with Crippen LogP contribution in [0.15, 0.2) is 54.6 Å². The molecule has 0 fully saturated rings. The minimum Gasteiger partial charge on any atom is -0.392 e. The van der Waals surface area contributed by atoms with Gasteiger partial charge in [0.15, 0.2) is 0 Å². The summed E-state index contributed by atoms with van der Waals surface area (Å²) in [5.41, 5.74) is 8.12. The Balaban J connectivity index is 2.04. The van der Waals surface area contributed by atoms with E-state index in [0.29, 0.717) is 5.69 Å². The van der Waals surface area contributed by atoms with E-state index in [1.165, 1.54) is 0 Å². The predicted octanol–water partition coefficient (Wildman–Crippen LogP) is 1.82. The first kappa shape index (κ1) is 13.3. The molecule has 1 atom stereocenters. The molecule has 0 saturated carbocycles. The smallest absolute Gasteiger partial charge is 0.245 e. The fourth-order valence-electron chi connectivity index (χ4n) is 1.73. The lowest BCUT2D eigenvalue weighted by Gasteiger charge is -2.12. The molecule has 1 amide bonds. The van der Waals surface area contributed by atoms with Gasteiger partial charge < -0.3 is 16.2 Å². The summed E-state index contributed by atoms with van der Waals surface area (Å²) in [6.07, 6.45) is 0. The highest BCUT2D eigenvalue weighted by Crippen LogP contribution is 2.14. The number of carbonyl (C=O) groups excluding carboxylic acids is 1. The Morgan fingerprint density at radius 2 is 1.74 bits per heavy atom. The average Bonchev–Trinajstić information content (AvgIpc) is 2.48. The van der Waals surface area contributed by atoms with E-state index >= 15 is 0 Å². The highest BCUT2D eigenvalue weighted by molar-refractivity contribution is 5.95. The first-order valence-electron chi connectivity index (χ1n) is 6.02. The Labute approximate surface area is 111 Å². The second kappa shape index (κ2) is 6.13. The van der Waals surface area contributed by atoms with Gasteiger partial charge >= 0.3 is 0 Å². The number of hydrogen-bond donors (Lipinski definition) is 3. The molecule has 0 bridgehead atoms. The fraction of sp³-hybridized carbons (Fsp3) is 0.133. The summed E-state index contributed by atoms with van der Waals surface area (Å²) in [6.45, 7) is -0.0161. The van der Waals surface area contributed by atoms with Crippen LogP contribution in [0.1, 0.15) is 17.2 Å². The summed E-state index contributed by atoms with van der Waals surface area (Å²) in [6, 6.07) is 15.5. The maximum atomic E-state index is 12.0. The van der Waals surface area contributed by atoms with Crippen molar-refractivity contribution in [2.24, 2.45) is 5.73 Å². The summed E-state index contributed by atoms with van der Waals surface area (Å²) in [5, 5.41) is 11.7. The van der Waals surface area contributed by atoms with Crippen LogP contribution in [0.4, 0.5) is 5.69 Å². The summed E-state index contributed by atoms with van der Waals surface area (Å²) in [7, 11) is 0. The van der Waals surface area contributed by atoms with Crippen LogP contribution in [0.5, 0.6) is 0 Å². The largest absolute Gasteiger partial charge is 0.392 e. The zero-order chi connectivity index (χ0) is 13.7. The number of amides is 1. The van der Waals surface area contributed by atoms with Crippen LogP contribution in [-0.2, 0) is 11.4 Å². The molecule has 0 heterocycles. The van der Waals surface area contributed by atoms with Crippen LogP contribution in [0.2, 0.25) is 0 Å². The number of aliphatic hydroxyl groups excluding tert-OH is 1. The Hall–Kier alpha value is -2.17. The molecule has 98 valence electrons. The SMILES string of the molecule is N[C@@H](C(=O)Nc1ccc(CO)cc1)c1ccccc1. The quantitative estimate of drug-likeness (QED) is 0.781. The molecule has 4 heteroatoms. The molecule has 4 nitrogen and oxygen atoms in total. The van der Waals surface area contributed by atoms with Crippen molar-refractivity contribution >= 4 is 11.6 Å². The topological polar surface area (TPSA) is 75.4 Å². The number of benzene rings is 2. The number of carbonyl (C=O) groups is 1. The summed E-state index contributed by atoms with van der Waals surface area (Å²) < 4.78 is 0. The lowest BCUT2D eigenvalue weighted by atomic mass is 10.1. The van der Waals surface area contributed by atoms with E-state index in [1.54, 1.807) is 24.3 Å². The molecule has 2 aromatic rings. The van der Waals surface area contributed by atoms with E-state index in [0.717, 1.165) is 11.1 Å². The normalized spacial score (nSPS) is 11.9. The van der Waals surface area contributed by atoms with Crippen molar-refractivity contribution in [3.05, 3.63) is 65.7 Å². The number of nitrogens with two attached hydrogens (primary N) is 1. The van der Waals surface area contributed by atoms with Gasteiger partial charge in [-0.2, -0.15) is 0 Å². The molecule has 0 aliphatic rings. The second-order valence-electron chi connectivity index (χ2n) is 4.23. The van der Waals surface area contributed by atoms with Gasteiger partial charge in [-0.15, -0.1) is 0 Å². The van der Waals surface area contributed by atoms with Gasteiger partial charge in [0.25, 0.3) is 0 Å². The van der Waals surface area contributed by atoms with Gasteiger partial charge in [0.05, 0.1) is 6.61 Å². The maximum absolute atomic E-state index is 12.0. The van der Waals surface area contributed by atoms with Gasteiger partial charge in [-0.1, -0.05) is 42.5 Å². The van der Waals surface area contributed by atoms with E-state index in [9.17, 15) is 4.79 Å². The van der Waals surface area contributed by atoms with E-state index in [-0.39, 0.29) is 12.5 Å². The van der Waals surface area contributed by atoms with Gasteiger partial charge in [0, 0.05) is 5.69 Å². The molecule has 4 N–H and O–H groups in total. The molecule has 2 rings (SSSR count). The number of nitrogens with one attached hydrogen (secondary N) is 1. The predicted molar refractivity (Wildman–Crippen MR) is 74.4 cm³/mol. The van der Waals surface area contributed by atoms with Gasteiger partial charge in [0.1, 0.15) is 6.04 Å². The number of anilines is 1. The Morgan fingerprint density at radius 3 is 2.32 bits per heavy atom. The zero-order valence-corrected chi connectivity index (χ0v) is 10.4. The van der Waals surface area contributed by atoms with Crippen molar-refractivity contribution in [2.45, 2.75) is 12.6 Å². The van der Waals surface area contributed by atoms with Crippen molar-refractivity contribution in [3.63, 3.8) is 0 Å². The number of hydrogen-bond acceptors (Lipinski definition) is 3. The van der Waals surface area contributed by atoms with Crippen LogP contribution in [-0.4, -0.2) is 11.0 Å². The van der Waals surface area contributed by atoms with Gasteiger partial charge in [-0.3, -0.25) is 4.79 Å². The first-order valence-corrected chi connectivity index (χ1v) is 6.02. The summed E-state index contributed by atoms with van der Waals surface area (Å²) >= 11 is 0. The van der Waals surface area contributed by atoms with E-state index in [1.807, 2.05) is 30.3 Å². The molecule has 0 aliphatic heterocycles. The van der Waals surface area contributed by atoms with Gasteiger partial charge in [0.2, 0.25) is 5.91 Å². The maximum Gasteiger partial charge on any atom is 0.245 e. The summed E-state index contributed by atoms with van der Waals surface area (Å²) in [4.78, 5) is 12.0. The Bertz CT molecular complexity index is 538.